The zero-order valence-electron chi connectivity index (χ0n) is 9.94. The van der Waals surface area contributed by atoms with Gasteiger partial charge in [-0.25, -0.2) is 8.42 Å². The first-order valence-corrected chi connectivity index (χ1v) is 7.48. The quantitative estimate of drug-likeness (QED) is 0.736. The third-order valence-corrected chi connectivity index (χ3v) is 5.10. The van der Waals surface area contributed by atoms with Crippen molar-refractivity contribution in [1.29, 1.82) is 0 Å². The second kappa shape index (κ2) is 5.77. The van der Waals surface area contributed by atoms with Crippen molar-refractivity contribution in [3.8, 4) is 0 Å². The van der Waals surface area contributed by atoms with Gasteiger partial charge >= 0.3 is 0 Å². The molecule has 1 fully saturated rings. The molecular formula is C11H20O4S. The Hall–Kier alpha value is -0.420. The molecule has 0 aliphatic heterocycles. The Morgan fingerprint density at radius 1 is 1.31 bits per heavy atom. The zero-order chi connectivity index (χ0) is 12.2. The van der Waals surface area contributed by atoms with E-state index in [1.165, 1.54) is 0 Å². The van der Waals surface area contributed by atoms with Crippen molar-refractivity contribution in [2.24, 2.45) is 0 Å². The molecule has 0 amide bonds. The summed E-state index contributed by atoms with van der Waals surface area (Å²) in [6.45, 7) is 3.60. The summed E-state index contributed by atoms with van der Waals surface area (Å²) < 4.78 is 28.5. The monoisotopic (exact) mass is 248 g/mol. The summed E-state index contributed by atoms with van der Waals surface area (Å²) in [5.41, 5.74) is 0. The van der Waals surface area contributed by atoms with Gasteiger partial charge in [0, 0.05) is 12.8 Å². The highest BCUT2D eigenvalue weighted by molar-refractivity contribution is 7.91. The van der Waals surface area contributed by atoms with Crippen molar-refractivity contribution in [3.05, 3.63) is 0 Å². The van der Waals surface area contributed by atoms with E-state index >= 15 is 0 Å². The minimum atomic E-state index is -3.00. The van der Waals surface area contributed by atoms with Crippen molar-refractivity contribution < 1.29 is 17.9 Å². The van der Waals surface area contributed by atoms with Crippen LogP contribution in [-0.2, 0) is 19.4 Å². The summed E-state index contributed by atoms with van der Waals surface area (Å²) in [4.78, 5) is 11.0. The molecule has 1 saturated carbocycles. The maximum absolute atomic E-state index is 11.5. The molecule has 0 atom stereocenters. The second-order valence-corrected chi connectivity index (χ2v) is 7.20. The average Bonchev–Trinajstić information content (AvgIpc) is 2.20. The van der Waals surface area contributed by atoms with Gasteiger partial charge in [-0.3, -0.25) is 4.79 Å². The Bertz CT molecular complexity index is 322. The van der Waals surface area contributed by atoms with Gasteiger partial charge in [-0.2, -0.15) is 0 Å². The highest BCUT2D eigenvalue weighted by Gasteiger charge is 2.21. The lowest BCUT2D eigenvalue weighted by Gasteiger charge is -2.21. The molecule has 4 nitrogen and oxygen atoms in total. The lowest BCUT2D eigenvalue weighted by molar-refractivity contribution is -0.122. The van der Waals surface area contributed by atoms with Crippen molar-refractivity contribution in [3.63, 3.8) is 0 Å². The van der Waals surface area contributed by atoms with Crippen molar-refractivity contribution in [1.82, 2.24) is 0 Å². The Labute approximate surface area is 97.3 Å². The molecular weight excluding hydrogens is 228 g/mol. The molecule has 0 bridgehead atoms. The second-order valence-electron chi connectivity index (χ2n) is 4.52. The van der Waals surface area contributed by atoms with Gasteiger partial charge in [0.15, 0.2) is 9.84 Å². The van der Waals surface area contributed by atoms with E-state index in [-0.39, 0.29) is 29.5 Å². The summed E-state index contributed by atoms with van der Waals surface area (Å²) in [5.74, 6) is 0.365. The number of sulfone groups is 1. The van der Waals surface area contributed by atoms with Crippen molar-refractivity contribution >= 4 is 15.6 Å². The van der Waals surface area contributed by atoms with E-state index in [0.29, 0.717) is 12.8 Å². The third-order valence-electron chi connectivity index (χ3n) is 2.93. The molecule has 0 aromatic heterocycles. The average molecular weight is 248 g/mol. The molecule has 1 rings (SSSR count). The van der Waals surface area contributed by atoms with Crippen LogP contribution in [0.5, 0.6) is 0 Å². The molecule has 0 spiro atoms. The molecule has 0 saturated heterocycles. The highest BCUT2D eigenvalue weighted by atomic mass is 32.2. The number of hydrogen-bond donors (Lipinski definition) is 0. The zero-order valence-corrected chi connectivity index (χ0v) is 10.8. The number of carbonyl (C=O) groups excluding carboxylic acids is 1. The van der Waals surface area contributed by atoms with Gasteiger partial charge < -0.3 is 4.74 Å². The maximum atomic E-state index is 11.5. The van der Waals surface area contributed by atoms with Crippen LogP contribution >= 0.6 is 0 Å². The van der Waals surface area contributed by atoms with Crippen LogP contribution in [0.25, 0.3) is 0 Å². The summed E-state index contributed by atoms with van der Waals surface area (Å²) in [7, 11) is -3.00. The number of Topliss-reactive ketones (excluding diaryl/α,β-unsaturated/α-hetero) is 1. The number of hydrogen-bond acceptors (Lipinski definition) is 4. The summed E-state index contributed by atoms with van der Waals surface area (Å²) in [6, 6.07) is 0. The molecule has 0 N–H and O–H groups in total. The van der Waals surface area contributed by atoms with Crippen molar-refractivity contribution in [2.75, 3.05) is 12.4 Å². The summed E-state index contributed by atoms with van der Waals surface area (Å²) in [5, 5.41) is -0.343. The van der Waals surface area contributed by atoms with Gasteiger partial charge in [0.25, 0.3) is 0 Å². The van der Waals surface area contributed by atoms with Crippen LogP contribution in [-0.4, -0.2) is 37.9 Å². The molecule has 0 heterocycles. The maximum Gasteiger partial charge on any atom is 0.154 e. The smallest absolute Gasteiger partial charge is 0.154 e. The Morgan fingerprint density at radius 3 is 2.38 bits per heavy atom. The Morgan fingerprint density at radius 2 is 1.88 bits per heavy atom. The molecule has 0 radical (unpaired) electrons. The van der Waals surface area contributed by atoms with Gasteiger partial charge in [-0.15, -0.1) is 0 Å². The first-order chi connectivity index (χ1) is 7.42. The third kappa shape index (κ3) is 4.22. The number of ether oxygens (including phenoxy) is 1. The summed E-state index contributed by atoms with van der Waals surface area (Å²) in [6.07, 6.45) is 2.68. The Kier molecular flexibility index (Phi) is 4.92. The fourth-order valence-corrected chi connectivity index (χ4v) is 2.45. The summed E-state index contributed by atoms with van der Waals surface area (Å²) >= 11 is 0. The standard InChI is InChI=1S/C11H20O4S/c1-9(2)16(13,14)8-7-15-11-5-3-10(12)4-6-11/h9,11H,3-8H2,1-2H3. The fourth-order valence-electron chi connectivity index (χ4n) is 1.65. The van der Waals surface area contributed by atoms with Gasteiger partial charge in [0.05, 0.1) is 23.7 Å². The van der Waals surface area contributed by atoms with E-state index in [9.17, 15) is 13.2 Å². The van der Waals surface area contributed by atoms with Crippen LogP contribution in [0.4, 0.5) is 0 Å². The Balaban J connectivity index is 2.23. The van der Waals surface area contributed by atoms with Gasteiger partial charge in [0.2, 0.25) is 0 Å². The predicted octanol–water partition coefficient (Wildman–Crippen LogP) is 1.34. The minimum absolute atomic E-state index is 0.0695. The molecule has 1 aliphatic rings. The number of rotatable bonds is 5. The van der Waals surface area contributed by atoms with Crippen LogP contribution in [0, 0.1) is 0 Å². The first-order valence-electron chi connectivity index (χ1n) is 5.76. The van der Waals surface area contributed by atoms with Crippen LogP contribution in [0.1, 0.15) is 39.5 Å². The van der Waals surface area contributed by atoms with E-state index in [0.717, 1.165) is 12.8 Å². The van der Waals surface area contributed by atoms with Crippen LogP contribution in [0.2, 0.25) is 0 Å². The van der Waals surface area contributed by atoms with Crippen molar-refractivity contribution in [2.45, 2.75) is 50.9 Å². The van der Waals surface area contributed by atoms with Crippen LogP contribution < -0.4 is 0 Å². The molecule has 16 heavy (non-hydrogen) atoms. The lowest BCUT2D eigenvalue weighted by Crippen LogP contribution is -2.26. The first kappa shape index (κ1) is 13.6. The van der Waals surface area contributed by atoms with E-state index in [4.69, 9.17) is 4.74 Å². The largest absolute Gasteiger partial charge is 0.377 e. The minimum Gasteiger partial charge on any atom is -0.377 e. The van der Waals surface area contributed by atoms with Crippen LogP contribution in [0.3, 0.4) is 0 Å². The van der Waals surface area contributed by atoms with E-state index in [1.54, 1.807) is 13.8 Å². The molecule has 5 heteroatoms. The lowest BCUT2D eigenvalue weighted by atomic mass is 9.97. The number of carbonyl (C=O) groups is 1. The molecule has 94 valence electrons. The highest BCUT2D eigenvalue weighted by Crippen LogP contribution is 2.17. The van der Waals surface area contributed by atoms with Gasteiger partial charge in [-0.1, -0.05) is 0 Å². The normalized spacial score (nSPS) is 19.3. The fraction of sp³-hybridized carbons (Fsp3) is 0.909. The SMILES string of the molecule is CC(C)S(=O)(=O)CCOC1CCC(=O)CC1. The molecule has 0 aromatic rings. The number of ketones is 1. The molecule has 0 aromatic carbocycles. The van der Waals surface area contributed by atoms with Gasteiger partial charge in [0.1, 0.15) is 5.78 Å². The van der Waals surface area contributed by atoms with E-state index < -0.39 is 9.84 Å². The van der Waals surface area contributed by atoms with E-state index in [1.807, 2.05) is 0 Å². The topological polar surface area (TPSA) is 60.4 Å². The predicted molar refractivity (Wildman–Crippen MR) is 62.1 cm³/mol. The van der Waals surface area contributed by atoms with E-state index in [2.05, 4.69) is 0 Å². The molecule has 1 aliphatic carbocycles. The molecule has 0 unspecified atom stereocenters. The van der Waals surface area contributed by atoms with Crippen LogP contribution in [0.15, 0.2) is 0 Å². The van der Waals surface area contributed by atoms with Gasteiger partial charge in [-0.05, 0) is 26.7 Å².